The van der Waals surface area contributed by atoms with E-state index in [1.807, 2.05) is 18.2 Å². The van der Waals surface area contributed by atoms with Crippen molar-refractivity contribution in [3.63, 3.8) is 0 Å². The summed E-state index contributed by atoms with van der Waals surface area (Å²) >= 11 is 0. The van der Waals surface area contributed by atoms with Crippen LogP contribution in [0, 0.1) is 0 Å². The lowest BCUT2D eigenvalue weighted by Gasteiger charge is -1.96. The van der Waals surface area contributed by atoms with Gasteiger partial charge in [0.25, 0.3) is 5.56 Å². The molecule has 4 aromatic rings. The van der Waals surface area contributed by atoms with E-state index in [1.165, 1.54) is 0 Å². The molecule has 3 heterocycles. The molecule has 4 rings (SSSR count). The third kappa shape index (κ3) is 1.70. The summed E-state index contributed by atoms with van der Waals surface area (Å²) < 4.78 is 5.28. The second-order valence-corrected chi connectivity index (χ2v) is 5.11. The Morgan fingerprint density at radius 3 is 2.77 bits per heavy atom. The van der Waals surface area contributed by atoms with E-state index in [0.29, 0.717) is 16.4 Å². The topological polar surface area (TPSA) is 89.5 Å². The van der Waals surface area contributed by atoms with E-state index >= 15 is 0 Å². The molecular formula is C16H14N4O2. The molecule has 1 aromatic carbocycles. The summed E-state index contributed by atoms with van der Waals surface area (Å²) in [4.78, 5) is 24.6. The molecule has 6 heteroatoms. The van der Waals surface area contributed by atoms with Crippen molar-refractivity contribution >= 4 is 34.6 Å². The maximum Gasteiger partial charge on any atom is 0.256 e. The number of nitrogens with one attached hydrogen (secondary N) is 4. The van der Waals surface area contributed by atoms with Crippen molar-refractivity contribution in [1.82, 2.24) is 19.9 Å². The third-order valence-corrected chi connectivity index (χ3v) is 3.78. The van der Waals surface area contributed by atoms with Gasteiger partial charge in [-0.3, -0.25) is 4.79 Å². The molecular weight excluding hydrogens is 280 g/mol. The second kappa shape index (κ2) is 4.42. The van der Waals surface area contributed by atoms with Crippen LogP contribution in [-0.2, 0) is 0 Å². The number of aromatic nitrogens is 4. The molecule has 0 aliphatic heterocycles. The van der Waals surface area contributed by atoms with Crippen molar-refractivity contribution in [2.45, 2.75) is 0 Å². The molecule has 0 fully saturated rings. The first-order valence-corrected chi connectivity index (χ1v) is 6.82. The molecule has 4 N–H and O–H groups in total. The van der Waals surface area contributed by atoms with Crippen LogP contribution in [-0.4, -0.2) is 27.0 Å². The van der Waals surface area contributed by atoms with Crippen LogP contribution in [0.25, 0.3) is 34.6 Å². The molecule has 0 spiro atoms. The molecule has 0 bridgehead atoms. The Kier molecular flexibility index (Phi) is 2.53. The average molecular weight is 294 g/mol. The van der Waals surface area contributed by atoms with Crippen molar-refractivity contribution < 1.29 is 4.74 Å². The summed E-state index contributed by atoms with van der Waals surface area (Å²) in [5.41, 5.74) is 3.86. The van der Waals surface area contributed by atoms with Crippen LogP contribution in [0.15, 0.2) is 29.2 Å². The third-order valence-electron chi connectivity index (χ3n) is 3.78. The number of methoxy groups -OCH3 is 1. The first kappa shape index (κ1) is 12.6. The Morgan fingerprint density at radius 1 is 1.14 bits per heavy atom. The highest BCUT2D eigenvalue weighted by atomic mass is 16.5. The lowest BCUT2D eigenvalue weighted by atomic mass is 10.1. The average Bonchev–Trinajstić information content (AvgIpc) is 3.16. The van der Waals surface area contributed by atoms with Gasteiger partial charge in [-0.2, -0.15) is 0 Å². The molecule has 0 radical (unpaired) electrons. The zero-order valence-corrected chi connectivity index (χ0v) is 11.9. The van der Waals surface area contributed by atoms with Crippen LogP contribution in [0.4, 0.5) is 0 Å². The Hall–Kier alpha value is -3.15. The van der Waals surface area contributed by atoms with Crippen molar-refractivity contribution in [2.24, 2.45) is 0 Å². The van der Waals surface area contributed by atoms with Gasteiger partial charge in [0.05, 0.1) is 34.6 Å². The van der Waals surface area contributed by atoms with E-state index in [2.05, 4.69) is 26.5 Å². The van der Waals surface area contributed by atoms with E-state index in [-0.39, 0.29) is 5.56 Å². The minimum atomic E-state index is -0.139. The summed E-state index contributed by atoms with van der Waals surface area (Å²) in [6, 6.07) is 5.61. The quantitative estimate of drug-likeness (QED) is 0.443. The van der Waals surface area contributed by atoms with Gasteiger partial charge in [0.1, 0.15) is 11.2 Å². The fourth-order valence-corrected chi connectivity index (χ4v) is 2.81. The van der Waals surface area contributed by atoms with Crippen molar-refractivity contribution in [2.75, 3.05) is 7.11 Å². The molecule has 6 nitrogen and oxygen atoms in total. The predicted molar refractivity (Wildman–Crippen MR) is 86.5 cm³/mol. The number of benzene rings is 1. The number of rotatable bonds is 2. The zero-order chi connectivity index (χ0) is 15.3. The second-order valence-electron chi connectivity index (χ2n) is 5.11. The van der Waals surface area contributed by atoms with Gasteiger partial charge in [-0.25, -0.2) is 0 Å². The van der Waals surface area contributed by atoms with Gasteiger partial charge < -0.3 is 24.7 Å². The normalized spacial score (nSPS) is 12.5. The number of imidazole rings is 1. The van der Waals surface area contributed by atoms with Crippen molar-refractivity contribution in [3.8, 4) is 5.75 Å². The molecule has 0 unspecified atom stereocenters. The van der Waals surface area contributed by atoms with Gasteiger partial charge in [-0.15, -0.1) is 0 Å². The van der Waals surface area contributed by atoms with Crippen LogP contribution in [0.1, 0.15) is 5.69 Å². The van der Waals surface area contributed by atoms with Gasteiger partial charge in [0, 0.05) is 11.6 Å². The standard InChI is InChI=1S/C16H14N4O2/c1-8-18-11-4-3-10-14(15(11)19-8)9(16(21)20-10)7-12-13(22-2)5-6-17-12/h3-7,17-19H,1H2,2H3,(H,20,21). The summed E-state index contributed by atoms with van der Waals surface area (Å²) in [6.45, 7) is 3.87. The van der Waals surface area contributed by atoms with E-state index in [9.17, 15) is 4.79 Å². The van der Waals surface area contributed by atoms with Gasteiger partial charge in [-0.05, 0) is 24.3 Å². The summed E-state index contributed by atoms with van der Waals surface area (Å²) in [5.74, 6) is 0.692. The summed E-state index contributed by atoms with van der Waals surface area (Å²) in [7, 11) is 1.60. The highest BCUT2D eigenvalue weighted by Crippen LogP contribution is 2.19. The molecule has 0 amide bonds. The Balaban J connectivity index is 2.17. The van der Waals surface area contributed by atoms with Crippen molar-refractivity contribution in [1.29, 1.82) is 0 Å². The maximum absolute atomic E-state index is 12.3. The molecule has 110 valence electrons. The number of hydrogen-bond donors (Lipinski definition) is 4. The Bertz CT molecular complexity index is 1160. The van der Waals surface area contributed by atoms with E-state index in [1.54, 1.807) is 19.4 Å². The Morgan fingerprint density at radius 2 is 1.95 bits per heavy atom. The van der Waals surface area contributed by atoms with Crippen LogP contribution >= 0.6 is 0 Å². The fourth-order valence-electron chi connectivity index (χ4n) is 2.81. The van der Waals surface area contributed by atoms with Gasteiger partial charge in [-0.1, -0.05) is 6.58 Å². The number of fused-ring (bicyclic) bond motifs is 3. The van der Waals surface area contributed by atoms with Crippen LogP contribution in [0.3, 0.4) is 0 Å². The summed E-state index contributed by atoms with van der Waals surface area (Å²) in [6.07, 6.45) is 3.57. The number of ether oxygens (including phenoxy) is 1. The fraction of sp³-hybridized carbons (Fsp3) is 0.0625. The molecule has 0 saturated carbocycles. The minimum Gasteiger partial charge on any atom is -0.495 e. The lowest BCUT2D eigenvalue weighted by Crippen LogP contribution is -2.21. The predicted octanol–water partition coefficient (Wildman–Crippen LogP) is 0.913. The number of hydrogen-bond acceptors (Lipinski definition) is 2. The molecule has 0 aliphatic rings. The minimum absolute atomic E-state index is 0.139. The van der Waals surface area contributed by atoms with E-state index < -0.39 is 0 Å². The lowest BCUT2D eigenvalue weighted by molar-refractivity contribution is 0.414. The molecule has 22 heavy (non-hydrogen) atoms. The first-order valence-electron chi connectivity index (χ1n) is 6.82. The van der Waals surface area contributed by atoms with E-state index in [4.69, 9.17) is 4.74 Å². The number of aromatic amines is 4. The largest absolute Gasteiger partial charge is 0.495 e. The van der Waals surface area contributed by atoms with Gasteiger partial charge in [0.15, 0.2) is 0 Å². The van der Waals surface area contributed by atoms with Crippen LogP contribution < -0.4 is 21.0 Å². The molecule has 0 aliphatic carbocycles. The SMILES string of the molecule is C=c1[nH]c2ccc3[nH]c(=O)c(=Cc4[nH]ccc4OC)c3c2[nH]1. The highest BCUT2D eigenvalue weighted by molar-refractivity contribution is 6.03. The van der Waals surface area contributed by atoms with E-state index in [0.717, 1.165) is 27.6 Å². The monoisotopic (exact) mass is 294 g/mol. The molecule has 3 aromatic heterocycles. The van der Waals surface area contributed by atoms with Gasteiger partial charge >= 0.3 is 0 Å². The Labute approximate surface area is 124 Å². The maximum atomic E-state index is 12.3. The van der Waals surface area contributed by atoms with Crippen molar-refractivity contribution in [3.05, 3.63) is 51.1 Å². The smallest absolute Gasteiger partial charge is 0.256 e. The first-order chi connectivity index (χ1) is 10.7. The highest BCUT2D eigenvalue weighted by Gasteiger charge is 2.10. The molecule has 0 atom stereocenters. The van der Waals surface area contributed by atoms with Gasteiger partial charge in [0.2, 0.25) is 0 Å². The summed E-state index contributed by atoms with van der Waals surface area (Å²) in [5, 5.41) is 1.42. The zero-order valence-electron chi connectivity index (χ0n) is 11.9. The number of H-pyrrole nitrogens is 4. The van der Waals surface area contributed by atoms with Crippen LogP contribution in [0.2, 0.25) is 0 Å². The van der Waals surface area contributed by atoms with Crippen LogP contribution in [0.5, 0.6) is 5.75 Å². The molecule has 0 saturated heterocycles.